The number of amides is 1. The Hall–Kier alpha value is -2.90. The van der Waals surface area contributed by atoms with Gasteiger partial charge in [0.2, 0.25) is 0 Å². The third-order valence-electron chi connectivity index (χ3n) is 6.67. The molecule has 8 nitrogen and oxygen atoms in total. The Morgan fingerprint density at radius 2 is 2.12 bits per heavy atom. The van der Waals surface area contributed by atoms with Crippen LogP contribution in [0.4, 0.5) is 0 Å². The highest BCUT2D eigenvalue weighted by atomic mass is 16.5. The zero-order valence-corrected chi connectivity index (χ0v) is 19.8. The van der Waals surface area contributed by atoms with Crippen molar-refractivity contribution in [3.63, 3.8) is 0 Å². The van der Waals surface area contributed by atoms with E-state index in [4.69, 9.17) is 9.51 Å². The first-order valence-electron chi connectivity index (χ1n) is 11.2. The van der Waals surface area contributed by atoms with Crippen LogP contribution in [0.5, 0.6) is 0 Å². The molecule has 32 heavy (non-hydrogen) atoms. The lowest BCUT2D eigenvalue weighted by atomic mass is 9.68. The van der Waals surface area contributed by atoms with Gasteiger partial charge in [0.15, 0.2) is 11.3 Å². The molecule has 0 radical (unpaired) electrons. The van der Waals surface area contributed by atoms with Crippen molar-refractivity contribution in [1.82, 2.24) is 25.0 Å². The Bertz CT molecular complexity index is 1180. The molecule has 8 heteroatoms. The molecule has 3 aromatic rings. The van der Waals surface area contributed by atoms with Crippen molar-refractivity contribution >= 4 is 17.1 Å². The minimum atomic E-state index is -0.220. The summed E-state index contributed by atoms with van der Waals surface area (Å²) in [7, 11) is 1.75. The average molecular weight is 440 g/mol. The SMILES string of the molecule is Cn1c(=O)[nH]c2c(CC(C)(C)C)cc(C3CCC(C)(C)C(NC(=O)c4ccon4)C3)nc21. The number of aromatic nitrogens is 4. The van der Waals surface area contributed by atoms with Gasteiger partial charge in [-0.3, -0.25) is 9.36 Å². The highest BCUT2D eigenvalue weighted by Crippen LogP contribution is 2.43. The predicted molar refractivity (Wildman–Crippen MR) is 123 cm³/mol. The molecule has 1 saturated carbocycles. The van der Waals surface area contributed by atoms with Crippen LogP contribution >= 0.6 is 0 Å². The van der Waals surface area contributed by atoms with Gasteiger partial charge < -0.3 is 14.8 Å². The molecular formula is C24H33N5O3. The van der Waals surface area contributed by atoms with Gasteiger partial charge in [0.1, 0.15) is 6.26 Å². The largest absolute Gasteiger partial charge is 0.364 e. The summed E-state index contributed by atoms with van der Waals surface area (Å²) in [6, 6.07) is 3.70. The van der Waals surface area contributed by atoms with Gasteiger partial charge in [-0.05, 0) is 48.1 Å². The lowest BCUT2D eigenvalue weighted by Gasteiger charge is -2.42. The molecular weight excluding hydrogens is 406 g/mol. The molecule has 0 saturated heterocycles. The van der Waals surface area contributed by atoms with Gasteiger partial charge in [-0.15, -0.1) is 0 Å². The van der Waals surface area contributed by atoms with Crippen molar-refractivity contribution in [2.45, 2.75) is 72.3 Å². The van der Waals surface area contributed by atoms with Crippen LogP contribution in [-0.4, -0.2) is 31.6 Å². The summed E-state index contributed by atoms with van der Waals surface area (Å²) in [5, 5.41) is 6.93. The highest BCUT2D eigenvalue weighted by Gasteiger charge is 2.39. The van der Waals surface area contributed by atoms with E-state index >= 15 is 0 Å². The molecule has 2 atom stereocenters. The quantitative estimate of drug-likeness (QED) is 0.641. The Morgan fingerprint density at radius 1 is 1.38 bits per heavy atom. The number of carbonyl (C=O) groups is 1. The first kappa shape index (κ1) is 22.3. The number of hydrogen-bond donors (Lipinski definition) is 2. The number of pyridine rings is 1. The van der Waals surface area contributed by atoms with Crippen LogP contribution in [0.25, 0.3) is 11.2 Å². The fraction of sp³-hybridized carbons (Fsp3) is 0.583. The summed E-state index contributed by atoms with van der Waals surface area (Å²) in [6.07, 6.45) is 4.96. The molecule has 3 heterocycles. The summed E-state index contributed by atoms with van der Waals surface area (Å²) in [4.78, 5) is 32.9. The third kappa shape index (κ3) is 4.36. The van der Waals surface area contributed by atoms with Gasteiger partial charge in [0.05, 0.1) is 5.52 Å². The van der Waals surface area contributed by atoms with E-state index in [-0.39, 0.29) is 40.1 Å². The fourth-order valence-corrected chi connectivity index (χ4v) is 4.72. The molecule has 172 valence electrons. The molecule has 4 rings (SSSR count). The Labute approximate surface area is 187 Å². The van der Waals surface area contributed by atoms with E-state index in [9.17, 15) is 9.59 Å². The molecule has 1 aliphatic carbocycles. The summed E-state index contributed by atoms with van der Waals surface area (Å²) in [6.45, 7) is 11.0. The van der Waals surface area contributed by atoms with E-state index in [1.807, 2.05) is 0 Å². The minimum Gasteiger partial charge on any atom is -0.364 e. The van der Waals surface area contributed by atoms with Gasteiger partial charge in [-0.25, -0.2) is 9.78 Å². The lowest BCUT2D eigenvalue weighted by Crippen LogP contribution is -2.48. The number of nitrogens with zero attached hydrogens (tertiary/aromatic N) is 3. The number of hydrogen-bond acceptors (Lipinski definition) is 5. The van der Waals surface area contributed by atoms with Crippen molar-refractivity contribution in [3.05, 3.63) is 45.8 Å². The number of H-pyrrole nitrogens is 1. The topological polar surface area (TPSA) is 106 Å². The first-order chi connectivity index (χ1) is 14.9. The number of aromatic amines is 1. The average Bonchev–Trinajstić information content (AvgIpc) is 3.32. The second kappa shape index (κ2) is 7.90. The number of rotatable bonds is 4. The Morgan fingerprint density at radius 3 is 2.78 bits per heavy atom. The molecule has 3 aromatic heterocycles. The maximum absolute atomic E-state index is 12.6. The van der Waals surface area contributed by atoms with Crippen LogP contribution < -0.4 is 11.0 Å². The summed E-state index contributed by atoms with van der Waals surface area (Å²) < 4.78 is 6.41. The van der Waals surface area contributed by atoms with Crippen LogP contribution in [-0.2, 0) is 13.5 Å². The van der Waals surface area contributed by atoms with Crippen LogP contribution in [0.1, 0.15) is 81.5 Å². The molecule has 0 aromatic carbocycles. The summed E-state index contributed by atoms with van der Waals surface area (Å²) in [5.74, 6) is -0.0268. The Balaban J connectivity index is 1.67. The van der Waals surface area contributed by atoms with Crippen molar-refractivity contribution in [1.29, 1.82) is 0 Å². The van der Waals surface area contributed by atoms with Gasteiger partial charge >= 0.3 is 5.69 Å². The molecule has 1 fully saturated rings. The summed E-state index contributed by atoms with van der Waals surface area (Å²) in [5.41, 5.74) is 3.78. The molecule has 0 aliphatic heterocycles. The second-order valence-electron chi connectivity index (χ2n) is 11.0. The van der Waals surface area contributed by atoms with Crippen molar-refractivity contribution in [3.8, 4) is 0 Å². The first-order valence-corrected chi connectivity index (χ1v) is 11.2. The summed E-state index contributed by atoms with van der Waals surface area (Å²) >= 11 is 0. The number of imidazole rings is 1. The smallest absolute Gasteiger partial charge is 0.327 e. The fourth-order valence-electron chi connectivity index (χ4n) is 4.72. The zero-order valence-electron chi connectivity index (χ0n) is 19.8. The van der Waals surface area contributed by atoms with Gasteiger partial charge in [0, 0.05) is 30.8 Å². The third-order valence-corrected chi connectivity index (χ3v) is 6.67. The lowest BCUT2D eigenvalue weighted by molar-refractivity contribution is 0.0827. The van der Waals surface area contributed by atoms with Gasteiger partial charge in [-0.2, -0.15) is 0 Å². The van der Waals surface area contributed by atoms with E-state index in [0.29, 0.717) is 5.65 Å². The highest BCUT2D eigenvalue weighted by molar-refractivity contribution is 5.92. The minimum absolute atomic E-state index is 0.0240. The predicted octanol–water partition coefficient (Wildman–Crippen LogP) is 3.93. The standard InChI is InChI=1S/C24H33N5O3/c1-23(2,3)13-15-11-17(25-20-19(15)27-22(31)29(20)6)14-7-9-24(4,5)18(12-14)26-21(30)16-8-10-32-28-16/h8,10-11,14,18H,7,9,12-13H2,1-6H3,(H,26,30)(H,27,31). The van der Waals surface area contributed by atoms with E-state index < -0.39 is 0 Å². The van der Waals surface area contributed by atoms with E-state index in [0.717, 1.165) is 42.5 Å². The van der Waals surface area contributed by atoms with Crippen molar-refractivity contribution in [2.24, 2.45) is 17.9 Å². The van der Waals surface area contributed by atoms with E-state index in [1.54, 1.807) is 17.7 Å². The van der Waals surface area contributed by atoms with Crippen LogP contribution in [0.3, 0.4) is 0 Å². The molecule has 0 bridgehead atoms. The van der Waals surface area contributed by atoms with Crippen LogP contribution in [0.15, 0.2) is 27.7 Å². The van der Waals surface area contributed by atoms with E-state index in [1.165, 1.54) is 6.26 Å². The number of nitrogens with one attached hydrogen (secondary N) is 2. The molecule has 1 aliphatic rings. The van der Waals surface area contributed by atoms with Crippen molar-refractivity contribution in [2.75, 3.05) is 0 Å². The normalized spacial score (nSPS) is 21.1. The monoisotopic (exact) mass is 439 g/mol. The maximum Gasteiger partial charge on any atom is 0.327 e. The maximum atomic E-state index is 12.6. The van der Waals surface area contributed by atoms with Gasteiger partial charge in [-0.1, -0.05) is 39.8 Å². The number of aryl methyl sites for hydroxylation is 1. The zero-order chi connectivity index (χ0) is 23.3. The number of carbonyl (C=O) groups excluding carboxylic acids is 1. The molecule has 0 spiro atoms. The molecule has 2 N–H and O–H groups in total. The Kier molecular flexibility index (Phi) is 5.51. The van der Waals surface area contributed by atoms with Crippen LogP contribution in [0, 0.1) is 10.8 Å². The van der Waals surface area contributed by atoms with E-state index in [2.05, 4.69) is 56.1 Å². The van der Waals surface area contributed by atoms with Crippen LogP contribution in [0.2, 0.25) is 0 Å². The molecule has 1 amide bonds. The number of fused-ring (bicyclic) bond motifs is 1. The molecule has 2 unspecified atom stereocenters. The second-order valence-corrected chi connectivity index (χ2v) is 11.0. The van der Waals surface area contributed by atoms with Gasteiger partial charge in [0.25, 0.3) is 5.91 Å². The van der Waals surface area contributed by atoms with Crippen molar-refractivity contribution < 1.29 is 9.32 Å².